The van der Waals surface area contributed by atoms with Crippen LogP contribution in [0.2, 0.25) is 20.1 Å². The van der Waals surface area contributed by atoms with Gasteiger partial charge in [0.25, 0.3) is 5.91 Å². The lowest BCUT2D eigenvalue weighted by atomic mass is 10.0. The molecule has 10 heteroatoms. The zero-order valence-electron chi connectivity index (χ0n) is 17.2. The van der Waals surface area contributed by atoms with Crippen LogP contribution in [0.4, 0.5) is 0 Å². The van der Waals surface area contributed by atoms with Crippen molar-refractivity contribution in [2.45, 2.75) is 12.5 Å². The van der Waals surface area contributed by atoms with Crippen LogP contribution >= 0.6 is 46.4 Å². The molecule has 6 nitrogen and oxygen atoms in total. The number of aromatic nitrogens is 2. The van der Waals surface area contributed by atoms with E-state index in [2.05, 4.69) is 15.3 Å². The Morgan fingerprint density at radius 2 is 1.59 bits per heavy atom. The number of benzene rings is 2. The van der Waals surface area contributed by atoms with Gasteiger partial charge in [-0.3, -0.25) is 9.78 Å². The maximum atomic E-state index is 12.7. The Balaban J connectivity index is 1.59. The van der Waals surface area contributed by atoms with Gasteiger partial charge in [0, 0.05) is 29.8 Å². The summed E-state index contributed by atoms with van der Waals surface area (Å²) >= 11 is 24.6. The molecule has 0 aliphatic heterocycles. The zero-order chi connectivity index (χ0) is 24.4. The van der Waals surface area contributed by atoms with E-state index in [1.807, 2.05) is 12.1 Å². The van der Waals surface area contributed by atoms with Gasteiger partial charge in [-0.2, -0.15) is 0 Å². The highest BCUT2D eigenvalue weighted by Gasteiger charge is 2.24. The maximum Gasteiger partial charge on any atom is 0.326 e. The second-order valence-corrected chi connectivity index (χ2v) is 9.00. The lowest BCUT2D eigenvalue weighted by molar-refractivity contribution is -0.139. The molecule has 1 atom stereocenters. The molecule has 0 aliphatic carbocycles. The standard InChI is InChI=1S/C24H15Cl4N3O3/c25-14-2-1-3-15(26)22(14)23(32)31-20(24(33)34)9-12-4-6-18-13(8-12)5-7-19(30-18)21-16(27)10-29-11-17(21)28/h1-8,10-11,20H,9H2,(H,31,32)(H,33,34)/t20-/m0/s1. The predicted octanol–water partition coefficient (Wildman–Crippen LogP) is 6.34. The minimum atomic E-state index is -1.20. The SMILES string of the molecule is O=C(N[C@@H](Cc1ccc2nc(-c3c(Cl)cncc3Cl)ccc2c1)C(=O)O)c1c(Cl)cccc1Cl. The fourth-order valence-corrected chi connectivity index (χ4v) is 4.61. The minimum absolute atomic E-state index is 0.0285. The van der Waals surface area contributed by atoms with Gasteiger partial charge in [-0.15, -0.1) is 0 Å². The third-order valence-electron chi connectivity index (χ3n) is 5.10. The number of aliphatic carboxylic acids is 1. The molecule has 0 unspecified atom stereocenters. The van der Waals surface area contributed by atoms with Crippen LogP contribution in [0, 0.1) is 0 Å². The van der Waals surface area contributed by atoms with Crippen LogP contribution in [0.5, 0.6) is 0 Å². The van der Waals surface area contributed by atoms with Gasteiger partial charge in [-0.25, -0.2) is 9.78 Å². The number of carbonyl (C=O) groups excluding carboxylic acids is 1. The van der Waals surface area contributed by atoms with Crippen molar-refractivity contribution in [1.29, 1.82) is 0 Å². The van der Waals surface area contributed by atoms with E-state index in [9.17, 15) is 14.7 Å². The van der Waals surface area contributed by atoms with Crippen LogP contribution in [0.1, 0.15) is 15.9 Å². The van der Waals surface area contributed by atoms with Gasteiger partial charge in [0.05, 0.1) is 36.9 Å². The fraction of sp³-hybridized carbons (Fsp3) is 0.0833. The van der Waals surface area contributed by atoms with Crippen molar-refractivity contribution in [2.75, 3.05) is 0 Å². The number of carboxylic acid groups (broad SMARTS) is 1. The number of pyridine rings is 2. The molecule has 2 heterocycles. The Hall–Kier alpha value is -2.90. The van der Waals surface area contributed by atoms with E-state index in [4.69, 9.17) is 46.4 Å². The molecule has 0 radical (unpaired) electrons. The molecular formula is C24H15Cl4N3O3. The topological polar surface area (TPSA) is 92.2 Å². The monoisotopic (exact) mass is 533 g/mol. The molecule has 4 rings (SSSR count). The number of nitrogens with zero attached hydrogens (tertiary/aromatic N) is 2. The molecule has 0 spiro atoms. The third kappa shape index (κ3) is 5.10. The number of hydrogen-bond acceptors (Lipinski definition) is 4. The molecule has 0 bridgehead atoms. The minimum Gasteiger partial charge on any atom is -0.480 e. The number of halogens is 4. The van der Waals surface area contributed by atoms with Gasteiger partial charge in [-0.05, 0) is 35.9 Å². The molecule has 4 aromatic rings. The lowest BCUT2D eigenvalue weighted by Gasteiger charge is -2.16. The van der Waals surface area contributed by atoms with Crippen LogP contribution in [0.3, 0.4) is 0 Å². The van der Waals surface area contributed by atoms with Gasteiger partial charge in [0.1, 0.15) is 6.04 Å². The first-order chi connectivity index (χ1) is 16.2. The molecule has 2 aromatic carbocycles. The van der Waals surface area contributed by atoms with Crippen molar-refractivity contribution < 1.29 is 14.7 Å². The van der Waals surface area contributed by atoms with Crippen LogP contribution in [-0.2, 0) is 11.2 Å². The van der Waals surface area contributed by atoms with Crippen molar-refractivity contribution in [1.82, 2.24) is 15.3 Å². The van der Waals surface area contributed by atoms with E-state index in [0.29, 0.717) is 32.4 Å². The highest BCUT2D eigenvalue weighted by Crippen LogP contribution is 2.33. The first-order valence-corrected chi connectivity index (χ1v) is 11.4. The molecule has 0 fully saturated rings. The molecule has 1 amide bonds. The maximum absolute atomic E-state index is 12.7. The first kappa shape index (κ1) is 24.2. The third-order valence-corrected chi connectivity index (χ3v) is 6.30. The number of amides is 1. The van der Waals surface area contributed by atoms with Gasteiger partial charge in [0.15, 0.2) is 0 Å². The average molecular weight is 535 g/mol. The van der Waals surface area contributed by atoms with Gasteiger partial charge < -0.3 is 10.4 Å². The van der Waals surface area contributed by atoms with Crippen molar-refractivity contribution in [3.05, 3.63) is 92.1 Å². The summed E-state index contributed by atoms with van der Waals surface area (Å²) in [4.78, 5) is 33.1. The van der Waals surface area contributed by atoms with E-state index in [0.717, 1.165) is 5.39 Å². The average Bonchev–Trinajstić information content (AvgIpc) is 2.78. The predicted molar refractivity (Wildman–Crippen MR) is 134 cm³/mol. The van der Waals surface area contributed by atoms with Crippen LogP contribution in [0.15, 0.2) is 60.9 Å². The zero-order valence-corrected chi connectivity index (χ0v) is 20.3. The number of hydrogen-bond donors (Lipinski definition) is 2. The van der Waals surface area contributed by atoms with Crippen molar-refractivity contribution in [3.63, 3.8) is 0 Å². The number of nitrogens with one attached hydrogen (secondary N) is 1. The first-order valence-electron chi connectivity index (χ1n) is 9.91. The Morgan fingerprint density at radius 3 is 2.24 bits per heavy atom. The number of fused-ring (bicyclic) bond motifs is 1. The summed E-state index contributed by atoms with van der Waals surface area (Å²) in [5, 5.41) is 14.0. The second-order valence-electron chi connectivity index (χ2n) is 7.37. The number of carboxylic acids is 1. The van der Waals surface area contributed by atoms with Crippen LogP contribution in [-0.4, -0.2) is 33.0 Å². The highest BCUT2D eigenvalue weighted by molar-refractivity contribution is 6.40. The van der Waals surface area contributed by atoms with Gasteiger partial charge in [0.2, 0.25) is 0 Å². The van der Waals surface area contributed by atoms with Crippen LogP contribution < -0.4 is 5.32 Å². The molecule has 34 heavy (non-hydrogen) atoms. The summed E-state index contributed by atoms with van der Waals surface area (Å²) in [5.74, 6) is -1.85. The highest BCUT2D eigenvalue weighted by atomic mass is 35.5. The Morgan fingerprint density at radius 1 is 0.912 bits per heavy atom. The lowest BCUT2D eigenvalue weighted by Crippen LogP contribution is -2.42. The van der Waals surface area contributed by atoms with Crippen LogP contribution in [0.25, 0.3) is 22.2 Å². The summed E-state index contributed by atoms with van der Waals surface area (Å²) in [5.41, 5.74) is 2.56. The smallest absolute Gasteiger partial charge is 0.326 e. The van der Waals surface area contributed by atoms with E-state index >= 15 is 0 Å². The summed E-state index contributed by atoms with van der Waals surface area (Å²) in [7, 11) is 0. The second kappa shape index (κ2) is 10.2. The molecular weight excluding hydrogens is 520 g/mol. The van der Waals surface area contributed by atoms with Crippen molar-refractivity contribution in [2.24, 2.45) is 0 Å². The Labute approximate surface area is 214 Å². The molecule has 172 valence electrons. The number of rotatable bonds is 6. The summed E-state index contributed by atoms with van der Waals surface area (Å²) in [6.07, 6.45) is 3.03. The summed E-state index contributed by atoms with van der Waals surface area (Å²) < 4.78 is 0. The molecule has 2 N–H and O–H groups in total. The molecule has 2 aromatic heterocycles. The number of carbonyl (C=O) groups is 2. The van der Waals surface area contributed by atoms with E-state index in [1.165, 1.54) is 24.5 Å². The molecule has 0 aliphatic rings. The molecule has 0 saturated heterocycles. The normalized spacial score (nSPS) is 11.9. The van der Waals surface area contributed by atoms with Gasteiger partial charge >= 0.3 is 5.97 Å². The summed E-state index contributed by atoms with van der Waals surface area (Å²) in [6, 6.07) is 12.4. The Kier molecular flexibility index (Phi) is 7.24. The van der Waals surface area contributed by atoms with Crippen molar-refractivity contribution >= 4 is 69.2 Å². The van der Waals surface area contributed by atoms with E-state index in [-0.39, 0.29) is 22.0 Å². The van der Waals surface area contributed by atoms with Crippen molar-refractivity contribution in [3.8, 4) is 11.3 Å². The fourth-order valence-electron chi connectivity index (χ4n) is 3.48. The quantitative estimate of drug-likeness (QED) is 0.301. The largest absolute Gasteiger partial charge is 0.480 e. The van der Waals surface area contributed by atoms with E-state index in [1.54, 1.807) is 24.3 Å². The molecule has 0 saturated carbocycles. The Bertz CT molecular complexity index is 1390. The van der Waals surface area contributed by atoms with E-state index < -0.39 is 17.9 Å². The van der Waals surface area contributed by atoms with Gasteiger partial charge in [-0.1, -0.05) is 64.6 Å². The summed E-state index contributed by atoms with van der Waals surface area (Å²) in [6.45, 7) is 0.